The zero-order valence-electron chi connectivity index (χ0n) is 10.8. The van der Waals surface area contributed by atoms with E-state index < -0.39 is 0 Å². The Morgan fingerprint density at radius 1 is 1.56 bits per heavy atom. The van der Waals surface area contributed by atoms with Gasteiger partial charge in [0.25, 0.3) is 0 Å². The zero-order valence-corrected chi connectivity index (χ0v) is 12.4. The number of aliphatic hydroxyl groups is 1. The SMILES string of the molecule is CN(CCCc1nc(CCl)cs1)CC1CC(O)C1. The lowest BCUT2D eigenvalue weighted by Gasteiger charge is -2.34. The van der Waals surface area contributed by atoms with Crippen LogP contribution in [0.2, 0.25) is 0 Å². The second-order valence-electron chi connectivity index (χ2n) is 5.22. The Hall–Kier alpha value is -0.160. The third kappa shape index (κ3) is 4.19. The van der Waals surface area contributed by atoms with E-state index in [1.807, 2.05) is 5.38 Å². The molecule has 2 rings (SSSR count). The lowest BCUT2D eigenvalue weighted by Crippen LogP contribution is -2.37. The summed E-state index contributed by atoms with van der Waals surface area (Å²) in [5.41, 5.74) is 0.994. The first-order valence-corrected chi connectivity index (χ1v) is 7.94. The Morgan fingerprint density at radius 3 is 2.94 bits per heavy atom. The predicted octanol–water partition coefficient (Wildman–Crippen LogP) is 2.52. The number of aliphatic hydroxyl groups excluding tert-OH is 1. The molecule has 1 N–H and O–H groups in total. The Morgan fingerprint density at radius 2 is 2.33 bits per heavy atom. The van der Waals surface area contributed by atoms with Crippen molar-refractivity contribution in [2.24, 2.45) is 5.92 Å². The molecule has 1 saturated carbocycles. The Balaban J connectivity index is 1.59. The molecule has 0 aliphatic heterocycles. The fourth-order valence-corrected chi connectivity index (χ4v) is 3.48. The largest absolute Gasteiger partial charge is 0.393 e. The monoisotopic (exact) mass is 288 g/mol. The van der Waals surface area contributed by atoms with Crippen LogP contribution in [-0.2, 0) is 12.3 Å². The van der Waals surface area contributed by atoms with Crippen LogP contribution in [0.4, 0.5) is 0 Å². The molecule has 0 amide bonds. The summed E-state index contributed by atoms with van der Waals surface area (Å²) >= 11 is 7.44. The van der Waals surface area contributed by atoms with E-state index in [1.165, 1.54) is 5.01 Å². The van der Waals surface area contributed by atoms with Crippen LogP contribution in [0.1, 0.15) is 30.0 Å². The molecule has 1 aromatic heterocycles. The normalized spacial score (nSPS) is 23.3. The van der Waals surface area contributed by atoms with Crippen molar-refractivity contribution < 1.29 is 5.11 Å². The molecule has 5 heteroatoms. The molecule has 0 radical (unpaired) electrons. The molecular weight excluding hydrogens is 268 g/mol. The molecule has 0 spiro atoms. The van der Waals surface area contributed by atoms with Crippen LogP contribution in [-0.4, -0.2) is 41.2 Å². The Kier molecular flexibility index (Phi) is 5.42. The molecular formula is C13H21ClN2OS. The van der Waals surface area contributed by atoms with Crippen LogP contribution in [0.25, 0.3) is 0 Å². The number of thiazole rings is 1. The van der Waals surface area contributed by atoms with Gasteiger partial charge in [0, 0.05) is 18.3 Å². The molecule has 1 aromatic rings. The van der Waals surface area contributed by atoms with Crippen molar-refractivity contribution in [3.05, 3.63) is 16.1 Å². The second kappa shape index (κ2) is 6.85. The molecule has 18 heavy (non-hydrogen) atoms. The summed E-state index contributed by atoms with van der Waals surface area (Å²) in [5.74, 6) is 1.22. The van der Waals surface area contributed by atoms with E-state index in [4.69, 9.17) is 11.6 Å². The highest BCUT2D eigenvalue weighted by Gasteiger charge is 2.27. The number of nitrogens with zero attached hydrogens (tertiary/aromatic N) is 2. The van der Waals surface area contributed by atoms with Crippen LogP contribution in [0.3, 0.4) is 0 Å². The fraction of sp³-hybridized carbons (Fsp3) is 0.769. The Labute approximate surface area is 118 Å². The molecule has 1 aliphatic carbocycles. The molecule has 1 fully saturated rings. The van der Waals surface area contributed by atoms with E-state index in [1.54, 1.807) is 11.3 Å². The minimum absolute atomic E-state index is 0.0345. The smallest absolute Gasteiger partial charge is 0.0929 e. The maximum Gasteiger partial charge on any atom is 0.0929 e. The van der Waals surface area contributed by atoms with Crippen molar-refractivity contribution in [2.75, 3.05) is 20.1 Å². The third-order valence-corrected chi connectivity index (χ3v) is 4.68. The van der Waals surface area contributed by atoms with Gasteiger partial charge in [-0.2, -0.15) is 0 Å². The fourth-order valence-electron chi connectivity index (χ4n) is 2.41. The van der Waals surface area contributed by atoms with Gasteiger partial charge >= 0.3 is 0 Å². The molecule has 3 nitrogen and oxygen atoms in total. The number of alkyl halides is 1. The maximum absolute atomic E-state index is 9.25. The number of hydrogen-bond acceptors (Lipinski definition) is 4. The van der Waals surface area contributed by atoms with Gasteiger partial charge in [-0.3, -0.25) is 0 Å². The summed E-state index contributed by atoms with van der Waals surface area (Å²) in [6.07, 6.45) is 4.11. The second-order valence-corrected chi connectivity index (χ2v) is 6.43. The zero-order chi connectivity index (χ0) is 13.0. The van der Waals surface area contributed by atoms with Crippen molar-refractivity contribution in [3.63, 3.8) is 0 Å². The summed E-state index contributed by atoms with van der Waals surface area (Å²) in [4.78, 5) is 6.83. The van der Waals surface area contributed by atoms with Gasteiger partial charge in [0.1, 0.15) is 0 Å². The summed E-state index contributed by atoms with van der Waals surface area (Å²) in [7, 11) is 2.16. The van der Waals surface area contributed by atoms with Crippen molar-refractivity contribution in [1.29, 1.82) is 0 Å². The maximum atomic E-state index is 9.25. The predicted molar refractivity (Wildman–Crippen MR) is 76.2 cm³/mol. The third-order valence-electron chi connectivity index (χ3n) is 3.45. The van der Waals surface area contributed by atoms with E-state index >= 15 is 0 Å². The van der Waals surface area contributed by atoms with Crippen molar-refractivity contribution in [3.8, 4) is 0 Å². The average molecular weight is 289 g/mol. The van der Waals surface area contributed by atoms with Crippen molar-refractivity contribution >= 4 is 22.9 Å². The van der Waals surface area contributed by atoms with Gasteiger partial charge in [-0.15, -0.1) is 22.9 Å². The summed E-state index contributed by atoms with van der Waals surface area (Å²) < 4.78 is 0. The molecule has 1 aliphatic rings. The number of hydrogen-bond donors (Lipinski definition) is 1. The molecule has 0 saturated heterocycles. The molecule has 1 heterocycles. The first kappa shape index (κ1) is 14.3. The van der Waals surface area contributed by atoms with E-state index in [0.29, 0.717) is 11.8 Å². The summed E-state index contributed by atoms with van der Waals surface area (Å²) in [6, 6.07) is 0. The topological polar surface area (TPSA) is 36.4 Å². The van der Waals surface area contributed by atoms with E-state index in [2.05, 4.69) is 16.9 Å². The average Bonchev–Trinajstić information content (AvgIpc) is 2.75. The van der Waals surface area contributed by atoms with Crippen LogP contribution in [0.15, 0.2) is 5.38 Å². The number of aryl methyl sites for hydroxylation is 1. The van der Waals surface area contributed by atoms with Gasteiger partial charge in [-0.1, -0.05) is 0 Å². The lowest BCUT2D eigenvalue weighted by atomic mass is 9.82. The first-order chi connectivity index (χ1) is 8.67. The highest BCUT2D eigenvalue weighted by Crippen LogP contribution is 2.27. The van der Waals surface area contributed by atoms with Gasteiger partial charge in [0.2, 0.25) is 0 Å². The standard InChI is InChI=1S/C13H21ClN2OS/c1-16(8-10-5-12(17)6-10)4-2-3-13-15-11(7-14)9-18-13/h9-10,12,17H,2-8H2,1H3. The van der Waals surface area contributed by atoms with E-state index in [9.17, 15) is 5.11 Å². The highest BCUT2D eigenvalue weighted by atomic mass is 35.5. The molecule has 0 unspecified atom stereocenters. The first-order valence-electron chi connectivity index (χ1n) is 6.53. The quantitative estimate of drug-likeness (QED) is 0.783. The van der Waals surface area contributed by atoms with Crippen LogP contribution < -0.4 is 0 Å². The number of halogens is 1. The minimum atomic E-state index is -0.0345. The number of aromatic nitrogens is 1. The van der Waals surface area contributed by atoms with Crippen LogP contribution in [0, 0.1) is 5.92 Å². The molecule has 102 valence electrons. The van der Waals surface area contributed by atoms with Crippen molar-refractivity contribution in [2.45, 2.75) is 37.7 Å². The highest BCUT2D eigenvalue weighted by molar-refractivity contribution is 7.09. The van der Waals surface area contributed by atoms with E-state index in [-0.39, 0.29) is 6.10 Å². The minimum Gasteiger partial charge on any atom is -0.393 e. The van der Waals surface area contributed by atoms with Crippen LogP contribution >= 0.6 is 22.9 Å². The van der Waals surface area contributed by atoms with Gasteiger partial charge in [0.15, 0.2) is 0 Å². The summed E-state index contributed by atoms with van der Waals surface area (Å²) in [6.45, 7) is 2.21. The van der Waals surface area contributed by atoms with E-state index in [0.717, 1.165) is 44.5 Å². The van der Waals surface area contributed by atoms with Crippen molar-refractivity contribution in [1.82, 2.24) is 9.88 Å². The lowest BCUT2D eigenvalue weighted by molar-refractivity contribution is 0.0283. The van der Waals surface area contributed by atoms with Gasteiger partial charge in [-0.05, 0) is 38.8 Å². The molecule has 0 aromatic carbocycles. The number of rotatable bonds is 7. The van der Waals surface area contributed by atoms with Crippen LogP contribution in [0.5, 0.6) is 0 Å². The molecule has 0 bridgehead atoms. The van der Waals surface area contributed by atoms with Gasteiger partial charge in [0.05, 0.1) is 22.7 Å². The van der Waals surface area contributed by atoms with Gasteiger partial charge in [-0.25, -0.2) is 4.98 Å². The van der Waals surface area contributed by atoms with Gasteiger partial charge < -0.3 is 10.0 Å². The molecule has 0 atom stereocenters. The summed E-state index contributed by atoms with van der Waals surface area (Å²) in [5, 5.41) is 12.5. The Bertz CT molecular complexity index is 366.